The number of carbonyl (C=O) groups is 2. The second-order valence-corrected chi connectivity index (χ2v) is 7.03. The van der Waals surface area contributed by atoms with E-state index in [4.69, 9.17) is 11.6 Å². The molecule has 0 fully saturated rings. The fraction of sp³-hybridized carbons (Fsp3) is 0.238. The Balaban J connectivity index is 1.87. The van der Waals surface area contributed by atoms with Gasteiger partial charge in [0, 0.05) is 40.7 Å². The lowest BCUT2D eigenvalue weighted by atomic mass is 9.77. The molecule has 0 N–H and O–H groups in total. The van der Waals surface area contributed by atoms with Crippen molar-refractivity contribution >= 4 is 29.0 Å². The Morgan fingerprint density at radius 1 is 1.00 bits per heavy atom. The van der Waals surface area contributed by atoms with Crippen LogP contribution in [0.25, 0.3) is 0 Å². The number of nitrogens with zero attached hydrogens (tertiary/aromatic N) is 1. The monoisotopic (exact) mass is 369 g/mol. The van der Waals surface area contributed by atoms with Crippen LogP contribution in [0, 0.1) is 5.82 Å². The van der Waals surface area contributed by atoms with Gasteiger partial charge in [0.2, 0.25) is 5.91 Å². The molecule has 2 aliphatic rings. The summed E-state index contributed by atoms with van der Waals surface area (Å²) >= 11 is 6.35. The third kappa shape index (κ3) is 2.84. The Morgan fingerprint density at radius 2 is 1.73 bits per heavy atom. The first-order valence-corrected chi connectivity index (χ1v) is 9.03. The second-order valence-electron chi connectivity index (χ2n) is 6.62. The summed E-state index contributed by atoms with van der Waals surface area (Å²) in [5.74, 6) is -0.720. The molecule has 0 saturated heterocycles. The van der Waals surface area contributed by atoms with Crippen molar-refractivity contribution in [2.24, 2.45) is 0 Å². The van der Waals surface area contributed by atoms with Crippen molar-refractivity contribution in [2.75, 3.05) is 4.90 Å². The van der Waals surface area contributed by atoms with Crippen LogP contribution >= 0.6 is 11.6 Å². The van der Waals surface area contributed by atoms with Crippen molar-refractivity contribution in [3.05, 3.63) is 76.2 Å². The smallest absolute Gasteiger partial charge is 0.232 e. The second kappa shape index (κ2) is 6.69. The Labute approximate surface area is 156 Å². The van der Waals surface area contributed by atoms with Gasteiger partial charge in [-0.2, -0.15) is 0 Å². The molecule has 1 amide bonds. The molecule has 1 aliphatic carbocycles. The first-order valence-electron chi connectivity index (χ1n) is 8.65. The van der Waals surface area contributed by atoms with Crippen LogP contribution in [-0.2, 0) is 9.59 Å². The normalized spacial score (nSPS) is 20.4. The lowest BCUT2D eigenvalue weighted by molar-refractivity contribution is -0.119. The van der Waals surface area contributed by atoms with Gasteiger partial charge < -0.3 is 0 Å². The van der Waals surface area contributed by atoms with Gasteiger partial charge in [0.1, 0.15) is 5.82 Å². The molecule has 0 spiro atoms. The maximum atomic E-state index is 13.3. The highest BCUT2D eigenvalue weighted by molar-refractivity contribution is 6.31. The summed E-state index contributed by atoms with van der Waals surface area (Å²) in [5, 5.41) is 0.561. The number of ketones is 1. The number of hydrogen-bond acceptors (Lipinski definition) is 2. The van der Waals surface area contributed by atoms with E-state index in [0.717, 1.165) is 11.3 Å². The van der Waals surface area contributed by atoms with Gasteiger partial charge in [0.05, 0.1) is 0 Å². The molecule has 26 heavy (non-hydrogen) atoms. The average Bonchev–Trinajstić information content (AvgIpc) is 2.63. The predicted octanol–water partition coefficient (Wildman–Crippen LogP) is 5.01. The van der Waals surface area contributed by atoms with Gasteiger partial charge in [-0.3, -0.25) is 14.5 Å². The van der Waals surface area contributed by atoms with Gasteiger partial charge >= 0.3 is 0 Å². The Morgan fingerprint density at radius 3 is 2.46 bits per heavy atom. The zero-order valence-electron chi connectivity index (χ0n) is 14.0. The maximum Gasteiger partial charge on any atom is 0.232 e. The first-order chi connectivity index (χ1) is 12.6. The number of rotatable bonds is 2. The van der Waals surface area contributed by atoms with Gasteiger partial charge in [0.25, 0.3) is 0 Å². The van der Waals surface area contributed by atoms with Crippen LogP contribution in [-0.4, -0.2) is 11.7 Å². The Kier molecular flexibility index (Phi) is 4.37. The molecule has 132 valence electrons. The van der Waals surface area contributed by atoms with Crippen LogP contribution < -0.4 is 4.90 Å². The highest BCUT2D eigenvalue weighted by Gasteiger charge is 2.40. The standard InChI is InChI=1S/C21H17ClFNO2/c22-17-5-2-1-4-15(17)16-12-20(26)24(14-10-8-13(23)9-11-14)18-6-3-7-19(25)21(16)18/h1-2,4-5,8-11,16H,3,6-7,12H2. The lowest BCUT2D eigenvalue weighted by Crippen LogP contribution is -2.40. The average molecular weight is 370 g/mol. The molecule has 4 rings (SSSR count). The molecular formula is C21H17ClFNO2. The number of allylic oxidation sites excluding steroid dienone is 2. The quantitative estimate of drug-likeness (QED) is 0.746. The molecule has 0 radical (unpaired) electrons. The van der Waals surface area contributed by atoms with E-state index in [1.165, 1.54) is 12.1 Å². The fourth-order valence-corrected chi connectivity index (χ4v) is 4.17. The van der Waals surface area contributed by atoms with Crippen LogP contribution in [0.5, 0.6) is 0 Å². The third-order valence-electron chi connectivity index (χ3n) is 5.04. The predicted molar refractivity (Wildman–Crippen MR) is 98.6 cm³/mol. The SMILES string of the molecule is O=C1CCCC2=C1C(c1ccccc1Cl)CC(=O)N2c1ccc(F)cc1. The Bertz CT molecular complexity index is 920. The van der Waals surface area contributed by atoms with Crippen molar-refractivity contribution < 1.29 is 14.0 Å². The highest BCUT2D eigenvalue weighted by atomic mass is 35.5. The summed E-state index contributed by atoms with van der Waals surface area (Å²) in [4.78, 5) is 27.3. The van der Waals surface area contributed by atoms with Gasteiger partial charge in [0.15, 0.2) is 5.78 Å². The van der Waals surface area contributed by atoms with Crippen molar-refractivity contribution in [1.82, 2.24) is 0 Å². The topological polar surface area (TPSA) is 37.4 Å². The number of hydrogen-bond donors (Lipinski definition) is 0. The first kappa shape index (κ1) is 17.0. The number of Topliss-reactive ketones (excluding diaryl/α,β-unsaturated/α-hetero) is 1. The summed E-state index contributed by atoms with van der Waals surface area (Å²) in [6, 6.07) is 13.2. The summed E-state index contributed by atoms with van der Waals surface area (Å²) < 4.78 is 13.3. The van der Waals surface area contributed by atoms with Crippen molar-refractivity contribution in [3.63, 3.8) is 0 Å². The van der Waals surface area contributed by atoms with E-state index in [9.17, 15) is 14.0 Å². The van der Waals surface area contributed by atoms with Gasteiger partial charge in [-0.05, 0) is 48.7 Å². The molecule has 0 bridgehead atoms. The van der Waals surface area contributed by atoms with Crippen LogP contribution in [0.1, 0.15) is 37.2 Å². The highest BCUT2D eigenvalue weighted by Crippen LogP contribution is 2.44. The van der Waals surface area contributed by atoms with Crippen LogP contribution in [0.15, 0.2) is 59.8 Å². The molecule has 2 aromatic carbocycles. The van der Waals surface area contributed by atoms with E-state index in [-0.39, 0.29) is 29.8 Å². The largest absolute Gasteiger partial charge is 0.294 e. The molecule has 1 heterocycles. The molecule has 3 nitrogen and oxygen atoms in total. The summed E-state index contributed by atoms with van der Waals surface area (Å²) in [6.45, 7) is 0. The van der Waals surface area contributed by atoms with Crippen molar-refractivity contribution in [1.29, 1.82) is 0 Å². The lowest BCUT2D eigenvalue weighted by Gasteiger charge is -2.38. The molecular weight excluding hydrogens is 353 g/mol. The number of carbonyl (C=O) groups excluding carboxylic acids is 2. The molecule has 1 aliphatic heterocycles. The van der Waals surface area contributed by atoms with E-state index in [0.29, 0.717) is 35.5 Å². The van der Waals surface area contributed by atoms with E-state index < -0.39 is 0 Å². The maximum absolute atomic E-state index is 13.3. The zero-order chi connectivity index (χ0) is 18.3. The summed E-state index contributed by atoms with van der Waals surface area (Å²) in [5.41, 5.74) is 2.81. The van der Waals surface area contributed by atoms with Crippen LogP contribution in [0.4, 0.5) is 10.1 Å². The van der Waals surface area contributed by atoms with E-state index >= 15 is 0 Å². The third-order valence-corrected chi connectivity index (χ3v) is 5.38. The number of amides is 1. The summed E-state index contributed by atoms with van der Waals surface area (Å²) in [6.07, 6.45) is 2.00. The molecule has 1 atom stereocenters. The van der Waals surface area contributed by atoms with Gasteiger partial charge in [-0.15, -0.1) is 0 Å². The molecule has 5 heteroatoms. The zero-order valence-corrected chi connectivity index (χ0v) is 14.8. The number of benzene rings is 2. The number of anilines is 1. The van der Waals surface area contributed by atoms with Crippen LogP contribution in [0.3, 0.4) is 0 Å². The fourth-order valence-electron chi connectivity index (χ4n) is 3.91. The molecule has 0 aromatic heterocycles. The van der Waals surface area contributed by atoms with E-state index in [2.05, 4.69) is 0 Å². The minimum Gasteiger partial charge on any atom is -0.294 e. The van der Waals surface area contributed by atoms with Crippen LogP contribution in [0.2, 0.25) is 5.02 Å². The molecule has 0 saturated carbocycles. The minimum atomic E-state index is -0.360. The van der Waals surface area contributed by atoms with Crippen molar-refractivity contribution in [2.45, 2.75) is 31.6 Å². The van der Waals surface area contributed by atoms with E-state index in [1.54, 1.807) is 23.1 Å². The molecule has 1 unspecified atom stereocenters. The van der Waals surface area contributed by atoms with Gasteiger partial charge in [-0.25, -0.2) is 4.39 Å². The van der Waals surface area contributed by atoms with E-state index in [1.807, 2.05) is 18.2 Å². The number of halogens is 2. The minimum absolute atomic E-state index is 0.0655. The molecule has 2 aromatic rings. The van der Waals surface area contributed by atoms with Crippen molar-refractivity contribution in [3.8, 4) is 0 Å². The van der Waals surface area contributed by atoms with Gasteiger partial charge in [-0.1, -0.05) is 29.8 Å². The Hall–Kier alpha value is -2.46. The summed E-state index contributed by atoms with van der Waals surface area (Å²) in [7, 11) is 0.